The molecule has 0 aliphatic heterocycles. The van der Waals surface area contributed by atoms with Gasteiger partial charge >= 0.3 is 0 Å². The fraction of sp³-hybridized carbons (Fsp3) is 0.333. The largest absolute Gasteiger partial charge is 0.332 e. The predicted octanol–water partition coefficient (Wildman–Crippen LogP) is 0.796. The normalized spacial score (nSPS) is 12.0. The minimum atomic E-state index is 0.576. The average molecular weight is 125 g/mol. The molecule has 3 nitrogen and oxygen atoms in total. The Balaban J connectivity index is 3.84. The Morgan fingerprint density at radius 3 is 2.67 bits per heavy atom. The lowest BCUT2D eigenvalue weighted by Gasteiger charge is -1.94. The maximum absolute atomic E-state index is 3.88. The van der Waals surface area contributed by atoms with Crippen LogP contribution in [0.4, 0.5) is 0 Å². The molecule has 0 fully saturated rings. The van der Waals surface area contributed by atoms with Crippen molar-refractivity contribution in [3.05, 3.63) is 12.8 Å². The van der Waals surface area contributed by atoms with E-state index in [-0.39, 0.29) is 0 Å². The lowest BCUT2D eigenvalue weighted by Crippen LogP contribution is -2.13. The van der Waals surface area contributed by atoms with Crippen molar-refractivity contribution < 1.29 is 0 Å². The minimum Gasteiger partial charge on any atom is -0.332 e. The molecule has 3 heteroatoms. The topological polar surface area (TPSA) is 36.8 Å². The van der Waals surface area contributed by atoms with Crippen molar-refractivity contribution >= 4 is 12.2 Å². The zero-order valence-electron chi connectivity index (χ0n) is 5.76. The fourth-order valence-electron chi connectivity index (χ4n) is 0.373. The van der Waals surface area contributed by atoms with Gasteiger partial charge in [-0.15, -0.1) is 0 Å². The van der Waals surface area contributed by atoms with E-state index in [4.69, 9.17) is 0 Å². The van der Waals surface area contributed by atoms with E-state index in [0.717, 1.165) is 0 Å². The van der Waals surface area contributed by atoms with E-state index in [1.54, 1.807) is 13.3 Å². The van der Waals surface area contributed by atoms with Gasteiger partial charge in [0.1, 0.15) is 0 Å². The molecule has 0 radical (unpaired) electrons. The highest BCUT2D eigenvalue weighted by Gasteiger charge is 1.82. The molecule has 0 spiro atoms. The van der Waals surface area contributed by atoms with Gasteiger partial charge in [-0.25, -0.2) is 4.99 Å². The van der Waals surface area contributed by atoms with Gasteiger partial charge < -0.3 is 5.32 Å². The lowest BCUT2D eigenvalue weighted by atomic mass is 10.8. The number of hydrogen-bond acceptors (Lipinski definition) is 1. The van der Waals surface area contributed by atoms with E-state index in [1.165, 1.54) is 6.20 Å². The summed E-state index contributed by atoms with van der Waals surface area (Å²) in [5.41, 5.74) is 0. The molecule has 0 saturated heterocycles. The van der Waals surface area contributed by atoms with Crippen LogP contribution in [0.3, 0.4) is 0 Å². The summed E-state index contributed by atoms with van der Waals surface area (Å²) >= 11 is 0. The molecule has 0 aromatic heterocycles. The molecule has 0 aromatic rings. The van der Waals surface area contributed by atoms with Gasteiger partial charge in [-0.3, -0.25) is 4.99 Å². The van der Waals surface area contributed by atoms with Crippen molar-refractivity contribution in [3.8, 4) is 0 Å². The maximum atomic E-state index is 3.88. The van der Waals surface area contributed by atoms with Crippen LogP contribution in [0.15, 0.2) is 22.8 Å². The van der Waals surface area contributed by atoms with E-state index in [1.807, 2.05) is 6.92 Å². The van der Waals surface area contributed by atoms with Crippen LogP contribution in [-0.2, 0) is 0 Å². The molecule has 0 atom stereocenters. The number of nitrogens with zero attached hydrogens (tertiary/aromatic N) is 2. The highest BCUT2D eigenvalue weighted by atomic mass is 15.1. The summed E-state index contributed by atoms with van der Waals surface area (Å²) in [5, 5.41) is 2.75. The molecule has 0 rings (SSSR count). The summed E-state index contributed by atoms with van der Waals surface area (Å²) in [7, 11) is 1.67. The van der Waals surface area contributed by atoms with Gasteiger partial charge in [-0.2, -0.15) is 0 Å². The smallest absolute Gasteiger partial charge is 0.221 e. The van der Waals surface area contributed by atoms with E-state index < -0.39 is 0 Å². The molecular formula is C6H11N3. The second-order valence-corrected chi connectivity index (χ2v) is 1.28. The molecule has 0 unspecified atom stereocenters. The zero-order valence-corrected chi connectivity index (χ0v) is 5.76. The van der Waals surface area contributed by atoms with Gasteiger partial charge in [-0.05, 0) is 13.1 Å². The molecule has 0 aromatic carbocycles. The number of rotatable bonds is 1. The van der Waals surface area contributed by atoms with Crippen LogP contribution >= 0.6 is 0 Å². The third-order valence-corrected chi connectivity index (χ3v) is 0.694. The Morgan fingerprint density at radius 2 is 2.33 bits per heavy atom. The van der Waals surface area contributed by atoms with Crippen LogP contribution < -0.4 is 5.32 Å². The van der Waals surface area contributed by atoms with Gasteiger partial charge in [0.15, 0.2) is 0 Å². The average Bonchev–Trinajstić information content (AvgIpc) is 1.88. The number of hydrogen-bond donors (Lipinski definition) is 1. The van der Waals surface area contributed by atoms with E-state index in [0.29, 0.717) is 5.96 Å². The highest BCUT2D eigenvalue weighted by Crippen LogP contribution is 1.71. The third kappa shape index (κ3) is 3.46. The van der Waals surface area contributed by atoms with Crippen molar-refractivity contribution in [2.75, 3.05) is 7.05 Å². The summed E-state index contributed by atoms with van der Waals surface area (Å²) in [6.45, 7) is 5.29. The first-order valence-corrected chi connectivity index (χ1v) is 2.68. The highest BCUT2D eigenvalue weighted by molar-refractivity contribution is 5.87. The monoisotopic (exact) mass is 125 g/mol. The van der Waals surface area contributed by atoms with Gasteiger partial charge in [0.2, 0.25) is 5.96 Å². The first kappa shape index (κ1) is 7.88. The van der Waals surface area contributed by atoms with Gasteiger partial charge in [0.25, 0.3) is 0 Å². The summed E-state index contributed by atoms with van der Waals surface area (Å²) < 4.78 is 0. The molecule has 0 aliphatic rings. The number of guanidine groups is 1. The van der Waals surface area contributed by atoms with Crippen LogP contribution in [0.25, 0.3) is 0 Å². The predicted molar refractivity (Wildman–Crippen MR) is 40.9 cm³/mol. The van der Waals surface area contributed by atoms with Crippen molar-refractivity contribution in [3.63, 3.8) is 0 Å². The SMILES string of the molecule is C=CNC(N=CC)=NC. The number of aliphatic imine (C=N–C) groups is 2. The van der Waals surface area contributed by atoms with Crippen LogP contribution in [0, 0.1) is 0 Å². The van der Waals surface area contributed by atoms with Crippen molar-refractivity contribution in [1.82, 2.24) is 5.32 Å². The van der Waals surface area contributed by atoms with Crippen LogP contribution in [-0.4, -0.2) is 19.2 Å². The second-order valence-electron chi connectivity index (χ2n) is 1.28. The summed E-state index contributed by atoms with van der Waals surface area (Å²) in [6, 6.07) is 0. The summed E-state index contributed by atoms with van der Waals surface area (Å²) in [6.07, 6.45) is 3.20. The minimum absolute atomic E-state index is 0.576. The first-order valence-electron chi connectivity index (χ1n) is 2.68. The maximum Gasteiger partial charge on any atom is 0.221 e. The summed E-state index contributed by atoms with van der Waals surface area (Å²) in [4.78, 5) is 7.68. The fourth-order valence-corrected chi connectivity index (χ4v) is 0.373. The lowest BCUT2D eigenvalue weighted by molar-refractivity contribution is 1.20. The zero-order chi connectivity index (χ0) is 7.11. The van der Waals surface area contributed by atoms with Crippen LogP contribution in [0.1, 0.15) is 6.92 Å². The molecule has 50 valence electrons. The molecule has 0 bridgehead atoms. The summed E-state index contributed by atoms with van der Waals surface area (Å²) in [5.74, 6) is 0.576. The molecular weight excluding hydrogens is 114 g/mol. The van der Waals surface area contributed by atoms with Gasteiger partial charge in [0, 0.05) is 13.3 Å². The quantitative estimate of drug-likeness (QED) is 0.408. The van der Waals surface area contributed by atoms with Crippen LogP contribution in [0.2, 0.25) is 0 Å². The standard InChI is InChI=1S/C6H11N3/c1-4-8-6(7-3)9-5-2/h4-5H,1H2,2-3H3,(H,7,8). The molecule has 1 N–H and O–H groups in total. The van der Waals surface area contributed by atoms with Crippen molar-refractivity contribution in [1.29, 1.82) is 0 Å². The van der Waals surface area contributed by atoms with Crippen molar-refractivity contribution in [2.24, 2.45) is 9.98 Å². The Morgan fingerprint density at radius 1 is 1.67 bits per heavy atom. The Hall–Kier alpha value is -1.12. The molecule has 0 saturated carbocycles. The Labute approximate surface area is 55.2 Å². The second kappa shape index (κ2) is 5.03. The molecule has 0 amide bonds. The van der Waals surface area contributed by atoms with E-state index >= 15 is 0 Å². The van der Waals surface area contributed by atoms with E-state index in [9.17, 15) is 0 Å². The Bertz CT molecular complexity index is 135. The van der Waals surface area contributed by atoms with Crippen molar-refractivity contribution in [2.45, 2.75) is 6.92 Å². The van der Waals surface area contributed by atoms with Gasteiger partial charge in [0.05, 0.1) is 0 Å². The molecule has 9 heavy (non-hydrogen) atoms. The molecule has 0 heterocycles. The molecule has 0 aliphatic carbocycles. The first-order chi connectivity index (χ1) is 4.35. The van der Waals surface area contributed by atoms with Crippen LogP contribution in [0.5, 0.6) is 0 Å². The number of nitrogens with one attached hydrogen (secondary N) is 1. The van der Waals surface area contributed by atoms with Gasteiger partial charge in [-0.1, -0.05) is 6.58 Å². The Kier molecular flexibility index (Phi) is 4.40. The van der Waals surface area contributed by atoms with E-state index in [2.05, 4.69) is 21.9 Å². The third-order valence-electron chi connectivity index (χ3n) is 0.694.